The number of rotatable bonds is 9. The van der Waals surface area contributed by atoms with Gasteiger partial charge in [-0.3, -0.25) is 0 Å². The number of aliphatic hydroxyl groups is 1. The molecule has 40 heavy (non-hydrogen) atoms. The Labute approximate surface area is 296 Å². The third kappa shape index (κ3) is 19.4. The number of hydrogen-bond donors (Lipinski definition) is 3. The van der Waals surface area contributed by atoms with Gasteiger partial charge in [-0.05, 0) is 55.0 Å². The molecule has 13 nitrogen and oxygen atoms in total. The Kier molecular flexibility index (Phi) is 27.2. The van der Waals surface area contributed by atoms with Gasteiger partial charge in [-0.25, -0.2) is 9.59 Å². The molecule has 0 heterocycles. The number of ether oxygens (including phenoxy) is 2. The molecule has 2 rings (SSSR count). The van der Waals surface area contributed by atoms with E-state index in [0.29, 0.717) is 17.7 Å². The molecule has 2 aromatic rings. The average molecular weight is 590 g/mol. The van der Waals surface area contributed by atoms with E-state index < -0.39 is 42.3 Å². The van der Waals surface area contributed by atoms with Gasteiger partial charge in [-0.1, -0.05) is 6.92 Å². The zero-order valence-corrected chi connectivity index (χ0v) is 28.9. The van der Waals surface area contributed by atoms with Crippen LogP contribution < -0.4 is 104 Å². The van der Waals surface area contributed by atoms with Crippen molar-refractivity contribution in [3.8, 4) is 11.5 Å². The molecule has 0 fully saturated rings. The van der Waals surface area contributed by atoms with Crippen molar-refractivity contribution in [1.82, 2.24) is 0 Å². The minimum atomic E-state index is -2.97. The third-order valence-corrected chi connectivity index (χ3v) is 4.08. The number of benzene rings is 2. The van der Waals surface area contributed by atoms with Crippen molar-refractivity contribution < 1.29 is 153 Å². The van der Waals surface area contributed by atoms with Crippen molar-refractivity contribution in [3.63, 3.8) is 0 Å². The number of methoxy groups -OCH3 is 1. The third-order valence-electron chi connectivity index (χ3n) is 4.08. The van der Waals surface area contributed by atoms with Gasteiger partial charge in [0.25, 0.3) is 0 Å². The summed E-state index contributed by atoms with van der Waals surface area (Å²) in [4.78, 5) is 52.0. The first-order valence-corrected chi connectivity index (χ1v) is 10.4. The topological polar surface area (TPSA) is 234 Å². The van der Waals surface area contributed by atoms with Gasteiger partial charge < -0.3 is 54.5 Å². The van der Waals surface area contributed by atoms with Crippen LogP contribution in [-0.4, -0.2) is 64.5 Å². The van der Waals surface area contributed by atoms with Crippen LogP contribution >= 0.6 is 0 Å². The number of carbonyl (C=O) groups excluding carboxylic acids is 5. The maximum atomic E-state index is 11.2. The fourth-order valence-corrected chi connectivity index (χ4v) is 2.28. The number of aliphatic carboxylic acids is 3. The molecular weight excluding hydrogens is 565 g/mol. The molecule has 0 atom stereocenters. The summed E-state index contributed by atoms with van der Waals surface area (Å²) >= 11 is 0. The van der Waals surface area contributed by atoms with Gasteiger partial charge in [0.05, 0.1) is 30.8 Å². The SMILES string of the molecule is CCCOC(=O)c1ccc(O)cc1.COC(=O)c1ccc(O)cc1.O=C([O-])CC(O)(CC(=O)[O-])C(=O)[O-].[Na+].[Na+].[Na+]. The molecule has 0 saturated carbocycles. The molecule has 0 bridgehead atoms. The molecule has 0 aromatic heterocycles. The summed E-state index contributed by atoms with van der Waals surface area (Å²) in [7, 11) is 1.31. The van der Waals surface area contributed by atoms with Crippen LogP contribution in [0.3, 0.4) is 0 Å². The van der Waals surface area contributed by atoms with E-state index in [2.05, 4.69) is 4.74 Å². The van der Waals surface area contributed by atoms with Crippen molar-refractivity contribution in [2.45, 2.75) is 31.8 Å². The van der Waals surface area contributed by atoms with Crippen molar-refractivity contribution in [3.05, 3.63) is 59.7 Å². The van der Waals surface area contributed by atoms with Crippen LogP contribution in [0.1, 0.15) is 46.9 Å². The zero-order chi connectivity index (χ0) is 28.6. The van der Waals surface area contributed by atoms with Gasteiger partial charge >= 0.3 is 101 Å². The van der Waals surface area contributed by atoms with Crippen molar-refractivity contribution in [1.29, 1.82) is 0 Å². The van der Waals surface area contributed by atoms with Crippen molar-refractivity contribution in [2.75, 3.05) is 13.7 Å². The van der Waals surface area contributed by atoms with E-state index in [-0.39, 0.29) is 106 Å². The molecule has 202 valence electrons. The fourth-order valence-electron chi connectivity index (χ4n) is 2.28. The molecule has 3 N–H and O–H groups in total. The summed E-state index contributed by atoms with van der Waals surface area (Å²) in [5.74, 6) is -6.45. The Balaban J connectivity index is -0.000000235. The molecule has 0 spiro atoms. The molecule has 0 saturated heterocycles. The van der Waals surface area contributed by atoms with E-state index >= 15 is 0 Å². The van der Waals surface area contributed by atoms with E-state index in [9.17, 15) is 39.3 Å². The van der Waals surface area contributed by atoms with Crippen LogP contribution in [0.4, 0.5) is 0 Å². The van der Waals surface area contributed by atoms with Crippen LogP contribution in [0.15, 0.2) is 48.5 Å². The normalized spacial score (nSPS) is 9.18. The molecule has 2 aromatic carbocycles. The largest absolute Gasteiger partial charge is 1.00 e. The van der Waals surface area contributed by atoms with Gasteiger partial charge in [0.1, 0.15) is 17.1 Å². The predicted octanol–water partition coefficient (Wildman–Crippen LogP) is -11.1. The summed E-state index contributed by atoms with van der Waals surface area (Å²) in [6.45, 7) is 2.36. The summed E-state index contributed by atoms with van der Waals surface area (Å²) < 4.78 is 9.35. The van der Waals surface area contributed by atoms with Gasteiger partial charge in [0.15, 0.2) is 0 Å². The van der Waals surface area contributed by atoms with Gasteiger partial charge in [-0.15, -0.1) is 0 Å². The molecule has 0 radical (unpaired) electrons. The van der Waals surface area contributed by atoms with Gasteiger partial charge in [0, 0.05) is 24.8 Å². The number of carbonyl (C=O) groups is 5. The van der Waals surface area contributed by atoms with E-state index in [1.54, 1.807) is 0 Å². The predicted molar refractivity (Wildman–Crippen MR) is 117 cm³/mol. The number of hydrogen-bond acceptors (Lipinski definition) is 13. The number of carboxylic acid groups (broad SMARTS) is 3. The second-order valence-electron chi connectivity index (χ2n) is 7.14. The first-order valence-electron chi connectivity index (χ1n) is 10.4. The Morgan fingerprint density at radius 2 is 1.07 bits per heavy atom. The van der Waals surface area contributed by atoms with Gasteiger partial charge in [0.2, 0.25) is 0 Å². The van der Waals surface area contributed by atoms with Crippen LogP contribution in [0, 0.1) is 0 Å². The Morgan fingerprint density at radius 3 is 1.35 bits per heavy atom. The maximum Gasteiger partial charge on any atom is 1.00 e. The fraction of sp³-hybridized carbons (Fsp3) is 0.292. The van der Waals surface area contributed by atoms with E-state index in [4.69, 9.17) is 20.1 Å². The number of phenols is 2. The molecule has 0 aliphatic rings. The number of carboxylic acids is 3. The summed E-state index contributed by atoms with van der Waals surface area (Å²) in [6.07, 6.45) is -1.91. The number of esters is 2. The minimum absolute atomic E-state index is 0. The van der Waals surface area contributed by atoms with Crippen molar-refractivity contribution >= 4 is 29.8 Å². The van der Waals surface area contributed by atoms with E-state index in [1.807, 2.05) is 6.92 Å². The Hall–Kier alpha value is -1.65. The Morgan fingerprint density at radius 1 is 0.725 bits per heavy atom. The number of phenolic OH excluding ortho intramolecular Hbond substituents is 2. The molecule has 0 amide bonds. The molecule has 0 unspecified atom stereocenters. The molecule has 0 aliphatic carbocycles. The first-order chi connectivity index (χ1) is 17.2. The quantitative estimate of drug-likeness (QED) is 0.182. The average Bonchev–Trinajstić information content (AvgIpc) is 2.82. The second kappa shape index (κ2) is 24.0. The van der Waals surface area contributed by atoms with Crippen molar-refractivity contribution in [2.24, 2.45) is 0 Å². The number of aromatic hydroxyl groups is 2. The standard InChI is InChI=1S/C10H12O3.C8H8O3.C6H8O7.3Na/c1-2-7-13-10(12)8-3-5-9(11)6-4-8;1-11-8(10)6-2-4-7(9)5-3-6;7-3(8)1-6(13,5(11)12)2-4(9)10;;;/h3-6,11H,2,7H2,1H3;2-5,9H,1H3;13H,1-2H2,(H,7,8)(H,9,10)(H,11,12);;;/q;;;3*+1/p-3. The smallest absolute Gasteiger partial charge is 0.550 e. The minimum Gasteiger partial charge on any atom is -0.550 e. The molecular formula is C24H25Na3O13. The molecule has 16 heteroatoms. The summed E-state index contributed by atoms with van der Waals surface area (Å²) in [5.41, 5.74) is -2.07. The summed E-state index contributed by atoms with van der Waals surface area (Å²) in [5, 5.41) is 56.7. The van der Waals surface area contributed by atoms with E-state index in [1.165, 1.54) is 55.6 Å². The van der Waals surface area contributed by atoms with E-state index in [0.717, 1.165) is 6.42 Å². The zero-order valence-electron chi connectivity index (χ0n) is 22.9. The monoisotopic (exact) mass is 590 g/mol. The first kappa shape index (κ1) is 45.3. The van der Waals surface area contributed by atoms with Crippen LogP contribution in [0.5, 0.6) is 11.5 Å². The summed E-state index contributed by atoms with van der Waals surface area (Å²) in [6, 6.07) is 11.9. The van der Waals surface area contributed by atoms with Gasteiger partial charge in [-0.2, -0.15) is 0 Å². The maximum absolute atomic E-state index is 11.2. The Bertz CT molecular complexity index is 1040. The van der Waals surface area contributed by atoms with Crippen LogP contribution in [0.25, 0.3) is 0 Å². The molecule has 0 aliphatic heterocycles. The van der Waals surface area contributed by atoms with Crippen LogP contribution in [0.2, 0.25) is 0 Å². The second-order valence-corrected chi connectivity index (χ2v) is 7.14. The van der Waals surface area contributed by atoms with Crippen LogP contribution in [-0.2, 0) is 23.9 Å².